The number of rotatable bonds is 5. The van der Waals surface area contributed by atoms with Gasteiger partial charge in [0.1, 0.15) is 0 Å². The monoisotopic (exact) mass is 290 g/mol. The first-order valence-electron chi connectivity index (χ1n) is 5.77. The van der Waals surface area contributed by atoms with Gasteiger partial charge in [0.2, 0.25) is 0 Å². The maximum absolute atomic E-state index is 11.8. The van der Waals surface area contributed by atoms with Gasteiger partial charge in [0, 0.05) is 15.7 Å². The molecule has 0 aromatic heterocycles. The molecule has 6 heteroatoms. The lowest BCUT2D eigenvalue weighted by atomic mass is 9.95. The summed E-state index contributed by atoms with van der Waals surface area (Å²) >= 11 is 3.50. The molecule has 18 heavy (non-hydrogen) atoms. The third-order valence-corrected chi connectivity index (χ3v) is 5.53. The van der Waals surface area contributed by atoms with Crippen LogP contribution in [0, 0.1) is 5.92 Å². The lowest BCUT2D eigenvalue weighted by Crippen LogP contribution is -2.23. The van der Waals surface area contributed by atoms with Crippen LogP contribution in [0.3, 0.4) is 0 Å². The zero-order valence-electron chi connectivity index (χ0n) is 10.9. The summed E-state index contributed by atoms with van der Waals surface area (Å²) in [5.41, 5.74) is 1.000. The minimum Gasteiger partial charge on any atom is -0.469 e. The molecule has 0 aliphatic carbocycles. The maximum atomic E-state index is 11.8. The van der Waals surface area contributed by atoms with Gasteiger partial charge in [-0.2, -0.15) is 0 Å². The molecule has 4 nitrogen and oxygen atoms in total. The smallest absolute Gasteiger partial charge is 0.313 e. The summed E-state index contributed by atoms with van der Waals surface area (Å²) in [5.74, 6) is 0.842. The number of carbonyl (C=O) groups is 2. The standard InChI is InChI=1S/C12H18O4S2/c1-4-8(12-17-5-6-18-12)9(11(14)16-3)7-10(13)15-2/h9H,4-7H2,1-3H3. The molecule has 0 spiro atoms. The number of esters is 2. The second kappa shape index (κ2) is 7.74. The van der Waals surface area contributed by atoms with Crippen molar-refractivity contribution in [1.82, 2.24) is 0 Å². The second-order valence-corrected chi connectivity index (χ2v) is 6.19. The third-order valence-electron chi connectivity index (χ3n) is 2.70. The predicted octanol–water partition coefficient (Wildman–Crippen LogP) is 2.44. The molecule has 1 unspecified atom stereocenters. The minimum absolute atomic E-state index is 0.0525. The Morgan fingerprint density at radius 1 is 1.22 bits per heavy atom. The zero-order valence-corrected chi connectivity index (χ0v) is 12.5. The normalized spacial score (nSPS) is 16.3. The van der Waals surface area contributed by atoms with Gasteiger partial charge in [-0.05, 0) is 12.0 Å². The van der Waals surface area contributed by atoms with Crippen molar-refractivity contribution in [1.29, 1.82) is 0 Å². The molecule has 0 saturated carbocycles. The SMILES string of the molecule is CCC(=C1SCCS1)C(CC(=O)OC)C(=O)OC. The molecule has 0 aromatic carbocycles. The van der Waals surface area contributed by atoms with Gasteiger partial charge < -0.3 is 9.47 Å². The highest BCUT2D eigenvalue weighted by Crippen LogP contribution is 2.42. The van der Waals surface area contributed by atoms with E-state index in [0.29, 0.717) is 0 Å². The summed E-state index contributed by atoms with van der Waals surface area (Å²) in [7, 11) is 2.67. The molecule has 0 bridgehead atoms. The van der Waals surface area contributed by atoms with Crippen LogP contribution in [0.4, 0.5) is 0 Å². The Balaban J connectivity index is 2.95. The molecule has 1 saturated heterocycles. The van der Waals surface area contributed by atoms with Gasteiger partial charge in [-0.3, -0.25) is 9.59 Å². The molecule has 0 aromatic rings. The molecule has 1 fully saturated rings. The van der Waals surface area contributed by atoms with Crippen molar-refractivity contribution in [2.45, 2.75) is 19.8 Å². The van der Waals surface area contributed by atoms with Gasteiger partial charge in [0.25, 0.3) is 0 Å². The van der Waals surface area contributed by atoms with E-state index in [1.165, 1.54) is 14.2 Å². The van der Waals surface area contributed by atoms with Crippen LogP contribution in [0.1, 0.15) is 19.8 Å². The molecule has 1 atom stereocenters. The number of carbonyl (C=O) groups excluding carboxylic acids is 2. The molecule has 1 aliphatic rings. The van der Waals surface area contributed by atoms with Crippen LogP contribution in [0.15, 0.2) is 9.81 Å². The van der Waals surface area contributed by atoms with Gasteiger partial charge in [0.15, 0.2) is 0 Å². The number of hydrogen-bond donors (Lipinski definition) is 0. The fourth-order valence-electron chi connectivity index (χ4n) is 1.77. The van der Waals surface area contributed by atoms with Crippen LogP contribution in [0.2, 0.25) is 0 Å². The van der Waals surface area contributed by atoms with Crippen LogP contribution in [0.5, 0.6) is 0 Å². The third kappa shape index (κ3) is 3.95. The zero-order chi connectivity index (χ0) is 13.5. The predicted molar refractivity (Wildman–Crippen MR) is 74.4 cm³/mol. The van der Waals surface area contributed by atoms with E-state index in [2.05, 4.69) is 4.74 Å². The molecular weight excluding hydrogens is 272 g/mol. The topological polar surface area (TPSA) is 52.6 Å². The van der Waals surface area contributed by atoms with Gasteiger partial charge in [-0.15, -0.1) is 23.5 Å². The first-order valence-corrected chi connectivity index (χ1v) is 7.74. The molecule has 1 aliphatic heterocycles. The molecule has 0 N–H and O–H groups in total. The summed E-state index contributed by atoms with van der Waals surface area (Å²) in [5, 5.41) is 0. The highest BCUT2D eigenvalue weighted by atomic mass is 32.2. The quantitative estimate of drug-likeness (QED) is 0.725. The first-order chi connectivity index (χ1) is 8.63. The Labute approximate surface area is 116 Å². The van der Waals surface area contributed by atoms with E-state index in [4.69, 9.17) is 4.74 Å². The van der Waals surface area contributed by atoms with E-state index in [9.17, 15) is 9.59 Å². The maximum Gasteiger partial charge on any atom is 0.313 e. The lowest BCUT2D eigenvalue weighted by Gasteiger charge is -2.18. The Morgan fingerprint density at radius 2 is 1.83 bits per heavy atom. The Morgan fingerprint density at radius 3 is 2.28 bits per heavy atom. The highest BCUT2D eigenvalue weighted by molar-refractivity contribution is 8.25. The summed E-state index contributed by atoms with van der Waals surface area (Å²) in [6, 6.07) is 0. The Kier molecular flexibility index (Phi) is 6.63. The Bertz CT molecular complexity index is 344. The van der Waals surface area contributed by atoms with E-state index in [-0.39, 0.29) is 18.4 Å². The molecule has 102 valence electrons. The van der Waals surface area contributed by atoms with Crippen LogP contribution < -0.4 is 0 Å². The van der Waals surface area contributed by atoms with E-state index < -0.39 is 5.92 Å². The number of ether oxygens (including phenoxy) is 2. The van der Waals surface area contributed by atoms with Gasteiger partial charge in [-0.1, -0.05) is 6.92 Å². The van der Waals surface area contributed by atoms with Crippen molar-refractivity contribution < 1.29 is 19.1 Å². The number of hydrogen-bond acceptors (Lipinski definition) is 6. The molecule has 0 radical (unpaired) electrons. The van der Waals surface area contributed by atoms with E-state index in [1.54, 1.807) is 23.5 Å². The Hall–Kier alpha value is -0.620. The van der Waals surface area contributed by atoms with Crippen molar-refractivity contribution in [2.24, 2.45) is 5.92 Å². The van der Waals surface area contributed by atoms with Crippen LogP contribution in [0.25, 0.3) is 0 Å². The summed E-state index contributed by atoms with van der Waals surface area (Å²) in [4.78, 5) is 23.2. The van der Waals surface area contributed by atoms with Gasteiger partial charge >= 0.3 is 11.9 Å². The summed E-state index contributed by atoms with van der Waals surface area (Å²) in [6.07, 6.45) is 0.795. The summed E-state index contributed by atoms with van der Waals surface area (Å²) < 4.78 is 10.6. The number of methoxy groups -OCH3 is 2. The fraction of sp³-hybridized carbons (Fsp3) is 0.667. The largest absolute Gasteiger partial charge is 0.469 e. The van der Waals surface area contributed by atoms with Crippen molar-refractivity contribution in [3.05, 3.63) is 9.81 Å². The molecule has 1 rings (SSSR count). The van der Waals surface area contributed by atoms with E-state index in [1.807, 2.05) is 6.92 Å². The van der Waals surface area contributed by atoms with E-state index in [0.717, 1.165) is 27.7 Å². The van der Waals surface area contributed by atoms with Crippen LogP contribution in [-0.4, -0.2) is 37.7 Å². The molecule has 1 heterocycles. The van der Waals surface area contributed by atoms with Crippen LogP contribution >= 0.6 is 23.5 Å². The van der Waals surface area contributed by atoms with Gasteiger partial charge in [-0.25, -0.2) is 0 Å². The van der Waals surface area contributed by atoms with E-state index >= 15 is 0 Å². The van der Waals surface area contributed by atoms with Crippen LogP contribution in [-0.2, 0) is 19.1 Å². The number of thioether (sulfide) groups is 2. The summed E-state index contributed by atoms with van der Waals surface area (Å²) in [6.45, 7) is 2.00. The van der Waals surface area contributed by atoms with Crippen molar-refractivity contribution in [3.63, 3.8) is 0 Å². The average Bonchev–Trinajstić information content (AvgIpc) is 2.91. The highest BCUT2D eigenvalue weighted by Gasteiger charge is 2.29. The first kappa shape index (κ1) is 15.4. The van der Waals surface area contributed by atoms with Crippen molar-refractivity contribution in [2.75, 3.05) is 25.7 Å². The van der Waals surface area contributed by atoms with Crippen molar-refractivity contribution in [3.8, 4) is 0 Å². The minimum atomic E-state index is -0.513. The fourth-order valence-corrected chi connectivity index (χ4v) is 4.58. The average molecular weight is 290 g/mol. The van der Waals surface area contributed by atoms with Crippen molar-refractivity contribution >= 4 is 35.5 Å². The molecular formula is C12H18O4S2. The lowest BCUT2D eigenvalue weighted by molar-refractivity contribution is -0.150. The van der Waals surface area contributed by atoms with Gasteiger partial charge in [0.05, 0.1) is 26.6 Å². The second-order valence-electron chi connectivity index (χ2n) is 3.72. The molecule has 0 amide bonds.